The number of nitrogens with one attached hydrogen (secondary N) is 1. The Bertz CT molecular complexity index is 499. The fourth-order valence-corrected chi connectivity index (χ4v) is 1.86. The van der Waals surface area contributed by atoms with Gasteiger partial charge in [0.05, 0.1) is 0 Å². The number of aromatic nitrogens is 1. The molecule has 0 aromatic carbocycles. The first-order valence-corrected chi connectivity index (χ1v) is 5.65. The van der Waals surface area contributed by atoms with Gasteiger partial charge in [-0.3, -0.25) is 4.79 Å². The van der Waals surface area contributed by atoms with Crippen molar-refractivity contribution >= 4 is 11.9 Å². The zero-order valence-corrected chi connectivity index (χ0v) is 9.88. The van der Waals surface area contributed by atoms with Crippen molar-refractivity contribution in [1.82, 2.24) is 10.3 Å². The van der Waals surface area contributed by atoms with Crippen LogP contribution < -0.4 is 5.32 Å². The molecule has 0 bridgehead atoms. The monoisotopic (exact) mass is 250 g/mol. The lowest BCUT2D eigenvalue weighted by molar-refractivity contribution is -0.144. The van der Waals surface area contributed by atoms with Crippen LogP contribution in [0.1, 0.15) is 30.3 Å². The van der Waals surface area contributed by atoms with E-state index in [1.54, 1.807) is 0 Å². The van der Waals surface area contributed by atoms with Gasteiger partial charge in [0, 0.05) is 6.20 Å². The molecule has 1 aromatic heterocycles. The second kappa shape index (κ2) is 4.29. The third kappa shape index (κ3) is 2.13. The van der Waals surface area contributed by atoms with Crippen LogP contribution in [0.4, 0.5) is 0 Å². The number of aromatic hydroxyl groups is 1. The number of carboxylic acid groups (broad SMARTS) is 1. The minimum absolute atomic E-state index is 0.0650. The largest absolute Gasteiger partial charge is 0.505 e. The molecular weight excluding hydrogens is 236 g/mol. The minimum Gasteiger partial charge on any atom is -0.505 e. The van der Waals surface area contributed by atoms with Crippen LogP contribution in [0.3, 0.4) is 0 Å². The standard InChI is InChI=1S/C12H14N2O4/c1-12(11(17)18,7-4-5-7)14-10(16)9-8(15)3-2-6-13-9/h2-3,6-7,15H,4-5H2,1H3,(H,14,16)(H,17,18). The summed E-state index contributed by atoms with van der Waals surface area (Å²) in [4.78, 5) is 26.9. The Morgan fingerprint density at radius 2 is 2.17 bits per heavy atom. The number of carbonyl (C=O) groups is 2. The highest BCUT2D eigenvalue weighted by Gasteiger charge is 2.48. The van der Waals surface area contributed by atoms with E-state index in [-0.39, 0.29) is 17.4 Å². The van der Waals surface area contributed by atoms with Gasteiger partial charge in [0.1, 0.15) is 11.3 Å². The second-order valence-electron chi connectivity index (χ2n) is 4.61. The summed E-state index contributed by atoms with van der Waals surface area (Å²) in [5.41, 5.74) is -1.47. The molecule has 96 valence electrons. The molecule has 1 heterocycles. The summed E-state index contributed by atoms with van der Waals surface area (Å²) in [5, 5.41) is 21.2. The van der Waals surface area contributed by atoms with Crippen molar-refractivity contribution in [1.29, 1.82) is 0 Å². The molecule has 18 heavy (non-hydrogen) atoms. The molecule has 0 spiro atoms. The molecule has 3 N–H and O–H groups in total. The molecule has 1 aromatic rings. The summed E-state index contributed by atoms with van der Waals surface area (Å²) in [6.07, 6.45) is 2.92. The van der Waals surface area contributed by atoms with Crippen molar-refractivity contribution < 1.29 is 19.8 Å². The first-order chi connectivity index (χ1) is 8.45. The summed E-state index contributed by atoms with van der Waals surface area (Å²) in [7, 11) is 0. The molecule has 0 radical (unpaired) electrons. The lowest BCUT2D eigenvalue weighted by Crippen LogP contribution is -2.54. The van der Waals surface area contributed by atoms with Crippen molar-refractivity contribution in [3.63, 3.8) is 0 Å². The summed E-state index contributed by atoms with van der Waals surface area (Å²) in [6.45, 7) is 1.48. The van der Waals surface area contributed by atoms with E-state index in [0.717, 1.165) is 12.8 Å². The predicted octanol–water partition coefficient (Wildman–Crippen LogP) is 0.770. The van der Waals surface area contributed by atoms with Crippen LogP contribution in [-0.4, -0.2) is 32.6 Å². The normalized spacial score (nSPS) is 17.8. The van der Waals surface area contributed by atoms with Crippen LogP contribution in [0.15, 0.2) is 18.3 Å². The minimum atomic E-state index is -1.30. The van der Waals surface area contributed by atoms with Crippen LogP contribution in [0.25, 0.3) is 0 Å². The van der Waals surface area contributed by atoms with E-state index in [9.17, 15) is 19.8 Å². The Morgan fingerprint density at radius 3 is 2.67 bits per heavy atom. The van der Waals surface area contributed by atoms with Crippen LogP contribution in [-0.2, 0) is 4.79 Å². The van der Waals surface area contributed by atoms with E-state index < -0.39 is 17.4 Å². The molecule has 1 aliphatic carbocycles. The molecule has 0 aliphatic heterocycles. The molecule has 1 unspecified atom stereocenters. The molecule has 6 heteroatoms. The first kappa shape index (κ1) is 12.3. The molecule has 1 atom stereocenters. The maximum absolute atomic E-state index is 11.9. The third-order valence-corrected chi connectivity index (χ3v) is 3.21. The quantitative estimate of drug-likeness (QED) is 0.733. The number of carboxylic acids is 1. The van der Waals surface area contributed by atoms with Gasteiger partial charge in [-0.25, -0.2) is 9.78 Å². The van der Waals surface area contributed by atoms with Crippen LogP contribution in [0.2, 0.25) is 0 Å². The maximum Gasteiger partial charge on any atom is 0.329 e. The van der Waals surface area contributed by atoms with Crippen molar-refractivity contribution in [3.8, 4) is 5.75 Å². The topological polar surface area (TPSA) is 99.5 Å². The Hall–Kier alpha value is -2.11. The van der Waals surface area contributed by atoms with E-state index in [1.807, 2.05) is 0 Å². The zero-order chi connectivity index (χ0) is 13.3. The van der Waals surface area contributed by atoms with Crippen molar-refractivity contribution in [3.05, 3.63) is 24.0 Å². The van der Waals surface area contributed by atoms with E-state index in [1.165, 1.54) is 25.3 Å². The van der Waals surface area contributed by atoms with Gasteiger partial charge in [-0.15, -0.1) is 0 Å². The van der Waals surface area contributed by atoms with Gasteiger partial charge in [-0.1, -0.05) is 0 Å². The number of nitrogens with zero attached hydrogens (tertiary/aromatic N) is 1. The fraction of sp³-hybridized carbons (Fsp3) is 0.417. The summed E-state index contributed by atoms with van der Waals surface area (Å²) >= 11 is 0. The van der Waals surface area contributed by atoms with Gasteiger partial charge >= 0.3 is 5.97 Å². The molecule has 1 fully saturated rings. The Kier molecular flexibility index (Phi) is 2.94. The summed E-state index contributed by atoms with van der Waals surface area (Å²) in [5.74, 6) is -2.08. The summed E-state index contributed by atoms with van der Waals surface area (Å²) < 4.78 is 0. The highest BCUT2D eigenvalue weighted by atomic mass is 16.4. The highest BCUT2D eigenvalue weighted by Crippen LogP contribution is 2.40. The van der Waals surface area contributed by atoms with E-state index >= 15 is 0 Å². The van der Waals surface area contributed by atoms with Gasteiger partial charge in [-0.2, -0.15) is 0 Å². The van der Waals surface area contributed by atoms with Crippen LogP contribution >= 0.6 is 0 Å². The first-order valence-electron chi connectivity index (χ1n) is 5.65. The number of aliphatic carboxylic acids is 1. The molecule has 6 nitrogen and oxygen atoms in total. The van der Waals surface area contributed by atoms with Crippen LogP contribution in [0.5, 0.6) is 5.75 Å². The lowest BCUT2D eigenvalue weighted by atomic mass is 9.95. The van der Waals surface area contributed by atoms with E-state index in [2.05, 4.69) is 10.3 Å². The molecule has 1 amide bonds. The smallest absolute Gasteiger partial charge is 0.329 e. The molecule has 0 saturated heterocycles. The Morgan fingerprint density at radius 1 is 1.50 bits per heavy atom. The van der Waals surface area contributed by atoms with Crippen molar-refractivity contribution in [2.24, 2.45) is 5.92 Å². The van der Waals surface area contributed by atoms with Crippen molar-refractivity contribution in [2.75, 3.05) is 0 Å². The zero-order valence-electron chi connectivity index (χ0n) is 9.88. The molecule has 2 rings (SSSR count). The molecular formula is C12H14N2O4. The maximum atomic E-state index is 11.9. The molecule has 1 saturated carbocycles. The van der Waals surface area contributed by atoms with Gasteiger partial charge < -0.3 is 15.5 Å². The SMILES string of the molecule is CC(NC(=O)c1ncccc1O)(C(=O)O)C1CC1. The predicted molar refractivity (Wildman–Crippen MR) is 62.1 cm³/mol. The van der Waals surface area contributed by atoms with Crippen molar-refractivity contribution in [2.45, 2.75) is 25.3 Å². The van der Waals surface area contributed by atoms with E-state index in [4.69, 9.17) is 0 Å². The Balaban J connectivity index is 2.20. The number of rotatable bonds is 4. The average Bonchev–Trinajstić information content (AvgIpc) is 3.13. The Labute approximate surface area is 104 Å². The van der Waals surface area contributed by atoms with Gasteiger partial charge in [-0.05, 0) is 37.8 Å². The lowest BCUT2D eigenvalue weighted by Gasteiger charge is -2.25. The van der Waals surface area contributed by atoms with Gasteiger partial charge in [0.25, 0.3) is 5.91 Å². The number of hydrogen-bond donors (Lipinski definition) is 3. The van der Waals surface area contributed by atoms with Crippen LogP contribution in [0, 0.1) is 5.92 Å². The number of carbonyl (C=O) groups excluding carboxylic acids is 1. The molecule has 1 aliphatic rings. The third-order valence-electron chi connectivity index (χ3n) is 3.21. The van der Waals surface area contributed by atoms with Gasteiger partial charge in [0.2, 0.25) is 0 Å². The number of amides is 1. The average molecular weight is 250 g/mol. The second-order valence-corrected chi connectivity index (χ2v) is 4.61. The number of pyridine rings is 1. The summed E-state index contributed by atoms with van der Waals surface area (Å²) in [6, 6.07) is 2.82. The van der Waals surface area contributed by atoms with Gasteiger partial charge in [0.15, 0.2) is 5.69 Å². The van der Waals surface area contributed by atoms with E-state index in [0.29, 0.717) is 0 Å². The number of hydrogen-bond acceptors (Lipinski definition) is 4. The highest BCUT2D eigenvalue weighted by molar-refractivity contribution is 5.98. The fourth-order valence-electron chi connectivity index (χ4n) is 1.86.